The number of anilines is 3. The third-order valence-corrected chi connectivity index (χ3v) is 4.13. The summed E-state index contributed by atoms with van der Waals surface area (Å²) in [6.07, 6.45) is 1.57. The van der Waals surface area contributed by atoms with Crippen LogP contribution in [0.1, 0.15) is 5.69 Å². The fourth-order valence-corrected chi connectivity index (χ4v) is 2.85. The van der Waals surface area contributed by atoms with Gasteiger partial charge in [-0.1, -0.05) is 17.6 Å². The Hall–Kier alpha value is -3.75. The fraction of sp³-hybridized carbons (Fsp3) is 0.0526. The number of fused-ring (bicyclic) bond motifs is 1. The smallest absolute Gasteiger partial charge is 0.230 e. The number of carbonyl (C=O) groups excluding carboxylic acids is 1. The van der Waals surface area contributed by atoms with Crippen LogP contribution in [0.5, 0.6) is 0 Å². The maximum atomic E-state index is 13.2. The van der Waals surface area contributed by atoms with Crippen LogP contribution in [0.15, 0.2) is 54.9 Å². The van der Waals surface area contributed by atoms with Crippen molar-refractivity contribution in [3.05, 3.63) is 66.4 Å². The Kier molecular flexibility index (Phi) is 4.71. The molecule has 0 aliphatic heterocycles. The van der Waals surface area contributed by atoms with Gasteiger partial charge < -0.3 is 10.6 Å². The van der Waals surface area contributed by atoms with Gasteiger partial charge in [0.05, 0.1) is 11.9 Å². The Balaban J connectivity index is 1.45. The summed E-state index contributed by atoms with van der Waals surface area (Å²) >= 11 is 0. The van der Waals surface area contributed by atoms with E-state index in [4.69, 9.17) is 0 Å². The number of carbonyl (C=O) groups is 1. The first-order valence-corrected chi connectivity index (χ1v) is 8.65. The maximum Gasteiger partial charge on any atom is 0.230 e. The molecular formula is C19H16BFN6O. The standard InChI is InChI=1S/C19H16BFN6O/c20-11-4-5-15-16(6-11)22-10-23-19(15)25-17-8-14(26-27-17)9-18(28)24-13-3-1-2-12(21)7-13/h1-8,10H,9,20H2,(H,24,28)(H2,22,23,25,26,27). The van der Waals surface area contributed by atoms with Crippen LogP contribution in [0.25, 0.3) is 10.9 Å². The van der Waals surface area contributed by atoms with Crippen LogP contribution in [0, 0.1) is 5.82 Å². The molecule has 28 heavy (non-hydrogen) atoms. The summed E-state index contributed by atoms with van der Waals surface area (Å²) in [7, 11) is 2.00. The molecule has 0 bridgehead atoms. The molecule has 4 aromatic rings. The quantitative estimate of drug-likeness (QED) is 0.462. The Bertz CT molecular complexity index is 1160. The van der Waals surface area contributed by atoms with Gasteiger partial charge in [-0.05, 0) is 30.3 Å². The third kappa shape index (κ3) is 3.98. The highest BCUT2D eigenvalue weighted by atomic mass is 19.1. The van der Waals surface area contributed by atoms with Gasteiger partial charge in [0.1, 0.15) is 25.8 Å². The number of amides is 1. The minimum atomic E-state index is -0.405. The molecule has 4 rings (SSSR count). The van der Waals surface area contributed by atoms with E-state index in [1.807, 2.05) is 26.0 Å². The molecular weight excluding hydrogens is 358 g/mol. The molecule has 9 heteroatoms. The van der Waals surface area contributed by atoms with Crippen LogP contribution in [-0.4, -0.2) is 33.9 Å². The number of aromatic nitrogens is 4. The van der Waals surface area contributed by atoms with Gasteiger partial charge in [-0.25, -0.2) is 14.4 Å². The Labute approximate surface area is 160 Å². The van der Waals surface area contributed by atoms with E-state index in [0.717, 1.165) is 16.4 Å². The Morgan fingerprint density at radius 2 is 2.04 bits per heavy atom. The van der Waals surface area contributed by atoms with E-state index in [1.165, 1.54) is 24.5 Å². The summed E-state index contributed by atoms with van der Waals surface area (Å²) in [6.45, 7) is 0. The van der Waals surface area contributed by atoms with Crippen molar-refractivity contribution >= 4 is 47.4 Å². The summed E-state index contributed by atoms with van der Waals surface area (Å²) in [5.41, 5.74) is 2.97. The van der Waals surface area contributed by atoms with Crippen molar-refractivity contribution in [2.45, 2.75) is 6.42 Å². The van der Waals surface area contributed by atoms with Gasteiger partial charge in [-0.2, -0.15) is 5.10 Å². The lowest BCUT2D eigenvalue weighted by atomic mass is 9.95. The minimum absolute atomic E-state index is 0.0783. The number of hydrogen-bond donors (Lipinski definition) is 3. The van der Waals surface area contributed by atoms with Gasteiger partial charge in [0.25, 0.3) is 0 Å². The first-order valence-electron chi connectivity index (χ1n) is 8.65. The van der Waals surface area contributed by atoms with Gasteiger partial charge >= 0.3 is 0 Å². The first kappa shape index (κ1) is 17.7. The van der Waals surface area contributed by atoms with Gasteiger partial charge in [-0.3, -0.25) is 9.89 Å². The molecule has 0 unspecified atom stereocenters. The zero-order valence-electron chi connectivity index (χ0n) is 15.0. The van der Waals surface area contributed by atoms with E-state index in [2.05, 4.69) is 30.8 Å². The van der Waals surface area contributed by atoms with Crippen molar-refractivity contribution in [2.24, 2.45) is 0 Å². The molecule has 2 heterocycles. The fourth-order valence-electron chi connectivity index (χ4n) is 2.85. The van der Waals surface area contributed by atoms with Gasteiger partial charge in [0.2, 0.25) is 5.91 Å². The number of rotatable bonds is 5. The highest BCUT2D eigenvalue weighted by Gasteiger charge is 2.10. The van der Waals surface area contributed by atoms with Crippen LogP contribution >= 0.6 is 0 Å². The van der Waals surface area contributed by atoms with E-state index < -0.39 is 5.82 Å². The molecule has 0 aliphatic carbocycles. The molecule has 0 saturated carbocycles. The second-order valence-electron chi connectivity index (χ2n) is 6.38. The number of hydrogen-bond acceptors (Lipinski definition) is 5. The number of aromatic amines is 1. The summed E-state index contributed by atoms with van der Waals surface area (Å²) in [5, 5.41) is 13.7. The molecule has 3 N–H and O–H groups in total. The van der Waals surface area contributed by atoms with Crippen LogP contribution < -0.4 is 16.1 Å². The topological polar surface area (TPSA) is 95.6 Å². The van der Waals surface area contributed by atoms with E-state index >= 15 is 0 Å². The van der Waals surface area contributed by atoms with Crippen LogP contribution in [0.3, 0.4) is 0 Å². The summed E-state index contributed by atoms with van der Waals surface area (Å²) in [4.78, 5) is 20.7. The largest absolute Gasteiger partial charge is 0.326 e. The van der Waals surface area contributed by atoms with Gasteiger partial charge in [0, 0.05) is 22.8 Å². The van der Waals surface area contributed by atoms with Gasteiger partial charge in [-0.15, -0.1) is 0 Å². The van der Waals surface area contributed by atoms with Crippen LogP contribution in [-0.2, 0) is 11.2 Å². The summed E-state index contributed by atoms with van der Waals surface area (Å²) in [6, 6.07) is 13.4. The van der Waals surface area contributed by atoms with E-state index in [0.29, 0.717) is 23.0 Å². The Morgan fingerprint density at radius 1 is 1.14 bits per heavy atom. The monoisotopic (exact) mass is 374 g/mol. The zero-order valence-corrected chi connectivity index (χ0v) is 15.0. The highest BCUT2D eigenvalue weighted by molar-refractivity contribution is 6.33. The van der Waals surface area contributed by atoms with Crippen molar-refractivity contribution in [2.75, 3.05) is 10.6 Å². The number of H-pyrrole nitrogens is 1. The Morgan fingerprint density at radius 3 is 2.89 bits per heavy atom. The molecule has 0 aliphatic rings. The van der Waals surface area contributed by atoms with Crippen LogP contribution in [0.2, 0.25) is 0 Å². The third-order valence-electron chi connectivity index (χ3n) is 4.13. The van der Waals surface area contributed by atoms with Gasteiger partial charge in [0.15, 0.2) is 5.82 Å². The number of halogens is 1. The minimum Gasteiger partial charge on any atom is -0.326 e. The second kappa shape index (κ2) is 7.47. The van der Waals surface area contributed by atoms with Crippen molar-refractivity contribution in [1.82, 2.24) is 20.2 Å². The van der Waals surface area contributed by atoms with Crippen LogP contribution in [0.4, 0.5) is 21.7 Å². The zero-order chi connectivity index (χ0) is 19.5. The van der Waals surface area contributed by atoms with Crippen molar-refractivity contribution in [3.8, 4) is 0 Å². The molecule has 1 amide bonds. The molecule has 0 atom stereocenters. The lowest BCUT2D eigenvalue weighted by molar-refractivity contribution is -0.115. The summed E-state index contributed by atoms with van der Waals surface area (Å²) in [5.74, 6) is 0.489. The van der Waals surface area contributed by atoms with Crippen molar-refractivity contribution in [1.29, 1.82) is 0 Å². The summed E-state index contributed by atoms with van der Waals surface area (Å²) < 4.78 is 13.2. The van der Waals surface area contributed by atoms with E-state index in [-0.39, 0.29) is 12.3 Å². The first-order chi connectivity index (χ1) is 13.6. The molecule has 7 nitrogen and oxygen atoms in total. The predicted octanol–water partition coefficient (Wildman–Crippen LogP) is 1.68. The lowest BCUT2D eigenvalue weighted by Gasteiger charge is -2.06. The molecule has 2 aromatic heterocycles. The number of nitrogens with one attached hydrogen (secondary N) is 3. The molecule has 0 saturated heterocycles. The van der Waals surface area contributed by atoms with E-state index in [9.17, 15) is 9.18 Å². The normalized spacial score (nSPS) is 10.8. The average Bonchev–Trinajstić information content (AvgIpc) is 3.08. The second-order valence-corrected chi connectivity index (χ2v) is 6.38. The average molecular weight is 374 g/mol. The SMILES string of the molecule is Bc1ccc2c(Nc3cc(CC(=O)Nc4cccc(F)c4)[nH]n3)ncnc2c1. The van der Waals surface area contributed by atoms with Crippen molar-refractivity contribution in [3.63, 3.8) is 0 Å². The van der Waals surface area contributed by atoms with Crippen molar-refractivity contribution < 1.29 is 9.18 Å². The number of nitrogens with zero attached hydrogens (tertiary/aromatic N) is 3. The number of benzene rings is 2. The molecule has 0 spiro atoms. The highest BCUT2D eigenvalue weighted by Crippen LogP contribution is 2.21. The lowest BCUT2D eigenvalue weighted by Crippen LogP contribution is -2.14. The molecule has 0 fully saturated rings. The maximum absolute atomic E-state index is 13.2. The predicted molar refractivity (Wildman–Crippen MR) is 108 cm³/mol. The molecule has 0 radical (unpaired) electrons. The van der Waals surface area contributed by atoms with E-state index in [1.54, 1.807) is 12.1 Å². The molecule has 138 valence electrons. The molecule has 2 aromatic carbocycles.